The van der Waals surface area contributed by atoms with Gasteiger partial charge < -0.3 is 14.2 Å². The summed E-state index contributed by atoms with van der Waals surface area (Å²) in [7, 11) is 3.30. The van der Waals surface area contributed by atoms with Gasteiger partial charge in [0, 0.05) is 0 Å². The minimum absolute atomic E-state index is 0.175. The molecule has 16 heavy (non-hydrogen) atoms. The van der Waals surface area contributed by atoms with E-state index in [0.29, 0.717) is 6.61 Å². The first kappa shape index (κ1) is 12.8. The van der Waals surface area contributed by atoms with E-state index in [4.69, 9.17) is 14.2 Å². The Morgan fingerprint density at radius 1 is 1.00 bits per heavy atom. The van der Waals surface area contributed by atoms with E-state index < -0.39 is 0 Å². The fourth-order valence-electron chi connectivity index (χ4n) is 1.36. The molecule has 0 amide bonds. The molecule has 3 nitrogen and oxygen atoms in total. The zero-order valence-corrected chi connectivity index (χ0v) is 10.7. The summed E-state index contributed by atoms with van der Waals surface area (Å²) in [5.74, 6) is 1.59. The summed E-state index contributed by atoms with van der Waals surface area (Å²) in [5, 5.41) is 0. The standard InChI is InChI=1S/C13H20O3/c1-13(2,3)16-9-10-11(14-4)7-6-8-12(10)15-5/h6-8H,9H2,1-5H3. The largest absolute Gasteiger partial charge is 0.496 e. The first-order valence-corrected chi connectivity index (χ1v) is 5.32. The molecule has 0 fully saturated rings. The van der Waals surface area contributed by atoms with Gasteiger partial charge in [0.1, 0.15) is 11.5 Å². The Bertz CT molecular complexity index is 317. The molecule has 0 heterocycles. The molecule has 0 saturated carbocycles. The topological polar surface area (TPSA) is 27.7 Å². The summed E-state index contributed by atoms with van der Waals surface area (Å²) in [5.41, 5.74) is 0.772. The van der Waals surface area contributed by atoms with E-state index in [9.17, 15) is 0 Å². The van der Waals surface area contributed by atoms with Crippen LogP contribution in [0.1, 0.15) is 26.3 Å². The Kier molecular flexibility index (Phi) is 4.19. The molecular formula is C13H20O3. The van der Waals surface area contributed by atoms with Crippen molar-refractivity contribution in [2.45, 2.75) is 33.0 Å². The maximum Gasteiger partial charge on any atom is 0.128 e. The average molecular weight is 224 g/mol. The summed E-state index contributed by atoms with van der Waals surface area (Å²) < 4.78 is 16.3. The van der Waals surface area contributed by atoms with Gasteiger partial charge in [-0.05, 0) is 32.9 Å². The Morgan fingerprint density at radius 3 is 1.88 bits per heavy atom. The van der Waals surface area contributed by atoms with Crippen molar-refractivity contribution < 1.29 is 14.2 Å². The number of hydrogen-bond donors (Lipinski definition) is 0. The third-order valence-corrected chi connectivity index (χ3v) is 2.18. The number of benzene rings is 1. The van der Waals surface area contributed by atoms with Crippen molar-refractivity contribution in [3.8, 4) is 11.5 Å². The van der Waals surface area contributed by atoms with E-state index in [0.717, 1.165) is 17.1 Å². The molecule has 0 saturated heterocycles. The minimum atomic E-state index is -0.175. The number of hydrogen-bond acceptors (Lipinski definition) is 3. The second-order valence-corrected chi connectivity index (χ2v) is 4.54. The van der Waals surface area contributed by atoms with Gasteiger partial charge in [0.15, 0.2) is 0 Å². The molecule has 1 aromatic rings. The molecule has 0 aromatic heterocycles. The average Bonchev–Trinajstić information content (AvgIpc) is 2.24. The SMILES string of the molecule is COc1cccc(OC)c1COC(C)(C)C. The summed E-state index contributed by atoms with van der Waals surface area (Å²) in [6.45, 7) is 6.55. The van der Waals surface area contributed by atoms with Gasteiger partial charge in [-0.2, -0.15) is 0 Å². The monoisotopic (exact) mass is 224 g/mol. The molecule has 3 heteroatoms. The third kappa shape index (κ3) is 3.42. The number of rotatable bonds is 4. The molecule has 1 rings (SSSR count). The quantitative estimate of drug-likeness (QED) is 0.786. The second-order valence-electron chi connectivity index (χ2n) is 4.54. The molecule has 0 N–H and O–H groups in total. The third-order valence-electron chi connectivity index (χ3n) is 2.18. The molecule has 0 bridgehead atoms. The van der Waals surface area contributed by atoms with Gasteiger partial charge in [0.05, 0.1) is 32.0 Å². The summed E-state index contributed by atoms with van der Waals surface area (Å²) in [6.07, 6.45) is 0. The summed E-state index contributed by atoms with van der Waals surface area (Å²) >= 11 is 0. The lowest BCUT2D eigenvalue weighted by atomic mass is 10.1. The van der Waals surface area contributed by atoms with Crippen LogP contribution in [0.3, 0.4) is 0 Å². The smallest absolute Gasteiger partial charge is 0.128 e. The molecule has 0 aliphatic heterocycles. The van der Waals surface area contributed by atoms with E-state index in [-0.39, 0.29) is 5.60 Å². The predicted octanol–water partition coefficient (Wildman–Crippen LogP) is 3.02. The van der Waals surface area contributed by atoms with E-state index in [1.54, 1.807) is 14.2 Å². The normalized spacial score (nSPS) is 11.3. The van der Waals surface area contributed by atoms with Crippen LogP contribution in [-0.4, -0.2) is 19.8 Å². The van der Waals surface area contributed by atoms with Crippen LogP contribution in [0.2, 0.25) is 0 Å². The van der Waals surface area contributed by atoms with Gasteiger partial charge >= 0.3 is 0 Å². The lowest BCUT2D eigenvalue weighted by Crippen LogP contribution is -2.19. The van der Waals surface area contributed by atoms with Gasteiger partial charge in [-0.15, -0.1) is 0 Å². The Hall–Kier alpha value is -1.22. The van der Waals surface area contributed by atoms with Gasteiger partial charge in [0.2, 0.25) is 0 Å². The first-order chi connectivity index (χ1) is 7.48. The first-order valence-electron chi connectivity index (χ1n) is 5.32. The van der Waals surface area contributed by atoms with Gasteiger partial charge in [-0.3, -0.25) is 0 Å². The molecule has 0 radical (unpaired) electrons. The summed E-state index contributed by atoms with van der Waals surface area (Å²) in [6, 6.07) is 5.71. The highest BCUT2D eigenvalue weighted by atomic mass is 16.5. The van der Waals surface area contributed by atoms with Crippen LogP contribution in [0, 0.1) is 0 Å². The second kappa shape index (κ2) is 5.21. The maximum atomic E-state index is 5.74. The van der Waals surface area contributed by atoms with Gasteiger partial charge in [0.25, 0.3) is 0 Å². The molecular weight excluding hydrogens is 204 g/mol. The van der Waals surface area contributed by atoms with Crippen LogP contribution in [0.5, 0.6) is 11.5 Å². The van der Waals surface area contributed by atoms with Crippen LogP contribution in [0.4, 0.5) is 0 Å². The zero-order valence-electron chi connectivity index (χ0n) is 10.7. The predicted molar refractivity (Wildman–Crippen MR) is 64.1 cm³/mol. The van der Waals surface area contributed by atoms with Crippen LogP contribution in [-0.2, 0) is 11.3 Å². The van der Waals surface area contributed by atoms with Crippen molar-refractivity contribution in [2.24, 2.45) is 0 Å². The number of methoxy groups -OCH3 is 2. The van der Waals surface area contributed by atoms with Crippen molar-refractivity contribution in [1.29, 1.82) is 0 Å². The Labute approximate surface area is 97.3 Å². The molecule has 0 unspecified atom stereocenters. The highest BCUT2D eigenvalue weighted by Crippen LogP contribution is 2.29. The minimum Gasteiger partial charge on any atom is -0.496 e. The van der Waals surface area contributed by atoms with Crippen molar-refractivity contribution in [3.05, 3.63) is 23.8 Å². The highest BCUT2D eigenvalue weighted by molar-refractivity contribution is 5.44. The fourth-order valence-corrected chi connectivity index (χ4v) is 1.36. The van der Waals surface area contributed by atoms with Crippen molar-refractivity contribution >= 4 is 0 Å². The van der Waals surface area contributed by atoms with E-state index >= 15 is 0 Å². The zero-order chi connectivity index (χ0) is 12.2. The van der Waals surface area contributed by atoms with Crippen molar-refractivity contribution in [3.63, 3.8) is 0 Å². The van der Waals surface area contributed by atoms with Gasteiger partial charge in [-0.25, -0.2) is 0 Å². The van der Waals surface area contributed by atoms with Crippen LogP contribution in [0.25, 0.3) is 0 Å². The molecule has 0 aliphatic carbocycles. The van der Waals surface area contributed by atoms with Crippen molar-refractivity contribution in [2.75, 3.05) is 14.2 Å². The van der Waals surface area contributed by atoms with E-state index in [1.807, 2.05) is 39.0 Å². The lowest BCUT2D eigenvalue weighted by molar-refractivity contribution is -0.0163. The van der Waals surface area contributed by atoms with Crippen LogP contribution < -0.4 is 9.47 Å². The maximum absolute atomic E-state index is 5.74. The molecule has 0 atom stereocenters. The van der Waals surface area contributed by atoms with E-state index in [2.05, 4.69) is 0 Å². The molecule has 90 valence electrons. The fraction of sp³-hybridized carbons (Fsp3) is 0.538. The Morgan fingerprint density at radius 2 is 1.50 bits per heavy atom. The molecule has 1 aromatic carbocycles. The summed E-state index contributed by atoms with van der Waals surface area (Å²) in [4.78, 5) is 0. The lowest BCUT2D eigenvalue weighted by Gasteiger charge is -2.21. The van der Waals surface area contributed by atoms with Crippen LogP contribution in [0.15, 0.2) is 18.2 Å². The van der Waals surface area contributed by atoms with Crippen molar-refractivity contribution in [1.82, 2.24) is 0 Å². The molecule has 0 spiro atoms. The molecule has 0 aliphatic rings. The Balaban J connectivity index is 2.91. The van der Waals surface area contributed by atoms with Gasteiger partial charge in [-0.1, -0.05) is 6.07 Å². The number of ether oxygens (including phenoxy) is 3. The van der Waals surface area contributed by atoms with Crippen LogP contribution >= 0.6 is 0 Å². The van der Waals surface area contributed by atoms with E-state index in [1.165, 1.54) is 0 Å². The highest BCUT2D eigenvalue weighted by Gasteiger charge is 2.15.